The van der Waals surface area contributed by atoms with Crippen LogP contribution in [-0.2, 0) is 16.0 Å². The highest BCUT2D eigenvalue weighted by atomic mass is 16.5. The molecule has 1 amide bonds. The summed E-state index contributed by atoms with van der Waals surface area (Å²) in [5, 5.41) is 7.63. The predicted molar refractivity (Wildman–Crippen MR) is 102 cm³/mol. The number of aromatic nitrogens is 2. The maximum atomic E-state index is 12.0. The molecule has 0 unspecified atom stereocenters. The topological polar surface area (TPSA) is 56.1 Å². The molecule has 0 aliphatic carbocycles. The van der Waals surface area contributed by atoms with Gasteiger partial charge in [0.15, 0.2) is 0 Å². The van der Waals surface area contributed by atoms with Crippen molar-refractivity contribution < 1.29 is 9.53 Å². The number of hydrogen-bond donors (Lipinski definition) is 1. The molecule has 0 fully saturated rings. The van der Waals surface area contributed by atoms with E-state index in [2.05, 4.69) is 5.32 Å². The van der Waals surface area contributed by atoms with E-state index in [1.807, 2.05) is 71.5 Å². The first-order valence-electron chi connectivity index (χ1n) is 8.73. The fraction of sp³-hybridized carbons (Fsp3) is 0.238. The fourth-order valence-corrected chi connectivity index (χ4v) is 2.77. The van der Waals surface area contributed by atoms with Gasteiger partial charge in [-0.3, -0.25) is 4.79 Å². The zero-order chi connectivity index (χ0) is 18.2. The zero-order valence-corrected chi connectivity index (χ0v) is 14.9. The first-order valence-corrected chi connectivity index (χ1v) is 8.73. The fourth-order valence-electron chi connectivity index (χ4n) is 2.77. The Labute approximate surface area is 153 Å². The van der Waals surface area contributed by atoms with Crippen LogP contribution < -0.4 is 5.32 Å². The summed E-state index contributed by atoms with van der Waals surface area (Å²) >= 11 is 0. The summed E-state index contributed by atoms with van der Waals surface area (Å²) in [6, 6.07) is 20.1. The van der Waals surface area contributed by atoms with E-state index in [9.17, 15) is 4.79 Å². The molecule has 1 heterocycles. The van der Waals surface area contributed by atoms with Crippen LogP contribution in [0.4, 0.5) is 0 Å². The summed E-state index contributed by atoms with van der Waals surface area (Å²) in [7, 11) is 1.62. The van der Waals surface area contributed by atoms with Crippen molar-refractivity contribution in [3.63, 3.8) is 0 Å². The third-order valence-electron chi connectivity index (χ3n) is 4.11. The molecule has 2 aromatic carbocycles. The van der Waals surface area contributed by atoms with Crippen LogP contribution in [0.15, 0.2) is 66.9 Å². The van der Waals surface area contributed by atoms with Crippen LogP contribution in [-0.4, -0.2) is 35.9 Å². The van der Waals surface area contributed by atoms with Gasteiger partial charge in [0.05, 0.1) is 18.0 Å². The Bertz CT molecular complexity index is 829. The van der Waals surface area contributed by atoms with Crippen LogP contribution in [0.5, 0.6) is 0 Å². The molecule has 0 atom stereocenters. The third-order valence-corrected chi connectivity index (χ3v) is 4.11. The van der Waals surface area contributed by atoms with Gasteiger partial charge >= 0.3 is 0 Å². The number of rotatable bonds is 8. The standard InChI is InChI=1S/C21H23N3O2/c1-26-15-14-22-20(25)13-12-18-16-24(19-10-6-3-7-11-19)23-21(18)17-8-4-2-5-9-17/h2-11,16H,12-15H2,1H3,(H,22,25). The molecule has 0 bridgehead atoms. The van der Waals surface area contributed by atoms with Crippen LogP contribution in [0.3, 0.4) is 0 Å². The molecule has 5 heteroatoms. The highest BCUT2D eigenvalue weighted by molar-refractivity contribution is 5.76. The van der Waals surface area contributed by atoms with Gasteiger partial charge in [0.2, 0.25) is 5.91 Å². The Hall–Kier alpha value is -2.92. The van der Waals surface area contributed by atoms with E-state index in [4.69, 9.17) is 9.84 Å². The minimum atomic E-state index is 0.0218. The second kappa shape index (κ2) is 8.97. The third kappa shape index (κ3) is 4.58. The van der Waals surface area contributed by atoms with Crippen LogP contribution in [0.1, 0.15) is 12.0 Å². The highest BCUT2D eigenvalue weighted by Crippen LogP contribution is 2.24. The van der Waals surface area contributed by atoms with E-state index in [0.29, 0.717) is 26.0 Å². The summed E-state index contributed by atoms with van der Waals surface area (Å²) in [4.78, 5) is 12.0. The van der Waals surface area contributed by atoms with E-state index < -0.39 is 0 Å². The number of hydrogen-bond acceptors (Lipinski definition) is 3. The number of nitrogens with one attached hydrogen (secondary N) is 1. The normalized spacial score (nSPS) is 10.7. The molecule has 3 rings (SSSR count). The van der Waals surface area contributed by atoms with Gasteiger partial charge in [0.1, 0.15) is 0 Å². The highest BCUT2D eigenvalue weighted by Gasteiger charge is 2.13. The molecule has 0 spiro atoms. The molecule has 5 nitrogen and oxygen atoms in total. The number of nitrogens with zero attached hydrogens (tertiary/aromatic N) is 2. The van der Waals surface area contributed by atoms with Crippen molar-refractivity contribution in [3.05, 3.63) is 72.4 Å². The lowest BCUT2D eigenvalue weighted by atomic mass is 10.0. The van der Waals surface area contributed by atoms with E-state index in [-0.39, 0.29) is 5.91 Å². The van der Waals surface area contributed by atoms with Crippen molar-refractivity contribution in [2.45, 2.75) is 12.8 Å². The van der Waals surface area contributed by atoms with Crippen LogP contribution >= 0.6 is 0 Å². The first-order chi connectivity index (χ1) is 12.8. The monoisotopic (exact) mass is 349 g/mol. The number of methoxy groups -OCH3 is 1. The van der Waals surface area contributed by atoms with Crippen LogP contribution in [0, 0.1) is 0 Å². The second-order valence-electron chi connectivity index (χ2n) is 5.99. The lowest BCUT2D eigenvalue weighted by Gasteiger charge is -2.05. The number of carbonyl (C=O) groups excluding carboxylic acids is 1. The smallest absolute Gasteiger partial charge is 0.220 e. The molecule has 0 saturated heterocycles. The maximum Gasteiger partial charge on any atom is 0.220 e. The van der Waals surface area contributed by atoms with Crippen molar-refractivity contribution in [3.8, 4) is 16.9 Å². The van der Waals surface area contributed by atoms with Crippen molar-refractivity contribution >= 4 is 5.91 Å². The second-order valence-corrected chi connectivity index (χ2v) is 5.99. The lowest BCUT2D eigenvalue weighted by Crippen LogP contribution is -2.27. The number of benzene rings is 2. The lowest BCUT2D eigenvalue weighted by molar-refractivity contribution is -0.121. The number of carbonyl (C=O) groups is 1. The number of para-hydroxylation sites is 1. The number of aryl methyl sites for hydroxylation is 1. The average molecular weight is 349 g/mol. The Morgan fingerprint density at radius 1 is 1.08 bits per heavy atom. The quantitative estimate of drug-likeness (QED) is 0.635. The van der Waals surface area contributed by atoms with Gasteiger partial charge in [-0.15, -0.1) is 0 Å². The van der Waals surface area contributed by atoms with Gasteiger partial charge < -0.3 is 10.1 Å². The van der Waals surface area contributed by atoms with E-state index >= 15 is 0 Å². The summed E-state index contributed by atoms with van der Waals surface area (Å²) in [6.07, 6.45) is 3.07. The molecule has 134 valence electrons. The SMILES string of the molecule is COCCNC(=O)CCc1cn(-c2ccccc2)nc1-c1ccccc1. The van der Waals surface area contributed by atoms with Gasteiger partial charge in [-0.25, -0.2) is 4.68 Å². The van der Waals surface area contributed by atoms with E-state index in [1.165, 1.54) is 0 Å². The van der Waals surface area contributed by atoms with Crippen molar-refractivity contribution in [2.75, 3.05) is 20.3 Å². The predicted octanol–water partition coefficient (Wildman–Crippen LogP) is 3.23. The molecular formula is C21H23N3O2. The largest absolute Gasteiger partial charge is 0.383 e. The Morgan fingerprint density at radius 2 is 1.77 bits per heavy atom. The molecule has 0 aliphatic heterocycles. The first kappa shape index (κ1) is 17.9. The molecule has 1 aromatic heterocycles. The summed E-state index contributed by atoms with van der Waals surface area (Å²) < 4.78 is 6.83. The minimum Gasteiger partial charge on any atom is -0.383 e. The van der Waals surface area contributed by atoms with Gasteiger partial charge in [-0.2, -0.15) is 5.10 Å². The van der Waals surface area contributed by atoms with E-state index in [0.717, 1.165) is 22.5 Å². The molecule has 3 aromatic rings. The van der Waals surface area contributed by atoms with Gasteiger partial charge in [-0.1, -0.05) is 48.5 Å². The Morgan fingerprint density at radius 3 is 2.46 bits per heavy atom. The van der Waals surface area contributed by atoms with Gasteiger partial charge in [-0.05, 0) is 24.1 Å². The molecule has 26 heavy (non-hydrogen) atoms. The molecule has 1 N–H and O–H groups in total. The van der Waals surface area contributed by atoms with Crippen molar-refractivity contribution in [2.24, 2.45) is 0 Å². The number of ether oxygens (including phenoxy) is 1. The van der Waals surface area contributed by atoms with Crippen molar-refractivity contribution in [1.29, 1.82) is 0 Å². The maximum absolute atomic E-state index is 12.0. The molecular weight excluding hydrogens is 326 g/mol. The molecule has 0 radical (unpaired) electrons. The summed E-state index contributed by atoms with van der Waals surface area (Å²) in [5.41, 5.74) is 4.03. The average Bonchev–Trinajstić information content (AvgIpc) is 3.12. The molecule has 0 saturated carbocycles. The number of amides is 1. The molecule has 0 aliphatic rings. The van der Waals surface area contributed by atoms with Crippen LogP contribution in [0.25, 0.3) is 16.9 Å². The van der Waals surface area contributed by atoms with Crippen LogP contribution in [0.2, 0.25) is 0 Å². The zero-order valence-electron chi connectivity index (χ0n) is 14.9. The van der Waals surface area contributed by atoms with Crippen molar-refractivity contribution in [1.82, 2.24) is 15.1 Å². The Kier molecular flexibility index (Phi) is 6.17. The van der Waals surface area contributed by atoms with Gasteiger partial charge in [0.25, 0.3) is 0 Å². The Balaban J connectivity index is 1.81. The van der Waals surface area contributed by atoms with E-state index in [1.54, 1.807) is 7.11 Å². The summed E-state index contributed by atoms with van der Waals surface area (Å²) in [6.45, 7) is 1.05. The minimum absolute atomic E-state index is 0.0218. The summed E-state index contributed by atoms with van der Waals surface area (Å²) in [5.74, 6) is 0.0218. The van der Waals surface area contributed by atoms with Gasteiger partial charge in [0, 0.05) is 31.8 Å².